The summed E-state index contributed by atoms with van der Waals surface area (Å²) in [6, 6.07) is 5.46. The zero-order valence-electron chi connectivity index (χ0n) is 24.2. The topological polar surface area (TPSA) is 126 Å². The predicted molar refractivity (Wildman–Crippen MR) is 152 cm³/mol. The number of anilines is 1. The van der Waals surface area contributed by atoms with E-state index in [1.807, 2.05) is 44.8 Å². The minimum Gasteiger partial charge on any atom is -0.488 e. The molecule has 4 aromatic heterocycles. The Morgan fingerprint density at radius 3 is 2.51 bits per heavy atom. The first-order chi connectivity index (χ1) is 19.5. The van der Waals surface area contributed by atoms with Crippen LogP contribution in [-0.4, -0.2) is 67.5 Å². The molecule has 12 heteroatoms. The van der Waals surface area contributed by atoms with Crippen LogP contribution >= 0.6 is 0 Å². The zero-order chi connectivity index (χ0) is 29.3. The fraction of sp³-hybridized carbons (Fsp3) is 0.448. The van der Waals surface area contributed by atoms with Crippen molar-refractivity contribution in [3.8, 4) is 17.0 Å². The summed E-state index contributed by atoms with van der Waals surface area (Å²) in [5, 5.41) is 10.2. The number of nitrogens with zero attached hydrogens (tertiary/aromatic N) is 7. The maximum absolute atomic E-state index is 12.8. The molecule has 4 aromatic rings. The molecule has 0 unspecified atom stereocenters. The lowest BCUT2D eigenvalue weighted by molar-refractivity contribution is 0.0573. The summed E-state index contributed by atoms with van der Waals surface area (Å²) in [4.78, 5) is 35.0. The van der Waals surface area contributed by atoms with E-state index in [2.05, 4.69) is 15.1 Å². The number of aromatic nitrogens is 6. The summed E-state index contributed by atoms with van der Waals surface area (Å²) in [7, 11) is 4.84. The molecule has 0 aromatic carbocycles. The molecule has 1 aliphatic carbocycles. The number of hydrogen-bond donors (Lipinski definition) is 0. The second-order valence-corrected chi connectivity index (χ2v) is 11.2. The van der Waals surface area contributed by atoms with E-state index in [-0.39, 0.29) is 17.8 Å². The van der Waals surface area contributed by atoms with E-state index >= 15 is 0 Å². The number of rotatable bonds is 6. The van der Waals surface area contributed by atoms with Gasteiger partial charge in [-0.2, -0.15) is 10.2 Å². The van der Waals surface area contributed by atoms with Gasteiger partial charge >= 0.3 is 12.1 Å². The van der Waals surface area contributed by atoms with E-state index in [1.54, 1.807) is 42.5 Å². The van der Waals surface area contributed by atoms with Crippen molar-refractivity contribution in [2.24, 2.45) is 7.05 Å². The van der Waals surface area contributed by atoms with Crippen molar-refractivity contribution in [2.75, 3.05) is 19.1 Å². The molecule has 12 nitrogen and oxygen atoms in total. The van der Waals surface area contributed by atoms with Crippen LogP contribution in [0.5, 0.6) is 5.75 Å². The molecule has 1 fully saturated rings. The van der Waals surface area contributed by atoms with E-state index in [4.69, 9.17) is 19.3 Å². The molecule has 5 rings (SSSR count). The molecule has 1 saturated carbocycles. The van der Waals surface area contributed by atoms with Crippen molar-refractivity contribution < 1.29 is 23.8 Å². The highest BCUT2D eigenvalue weighted by molar-refractivity contribution is 5.96. The Morgan fingerprint density at radius 2 is 1.85 bits per heavy atom. The van der Waals surface area contributed by atoms with Crippen LogP contribution in [0.4, 0.5) is 10.6 Å². The Bertz CT molecular complexity index is 1560. The van der Waals surface area contributed by atoms with Gasteiger partial charge in [0.2, 0.25) is 0 Å². The first-order valence-electron chi connectivity index (χ1n) is 13.6. The monoisotopic (exact) mass is 561 g/mol. The van der Waals surface area contributed by atoms with Crippen LogP contribution in [0.25, 0.3) is 22.2 Å². The van der Waals surface area contributed by atoms with Crippen molar-refractivity contribution >= 4 is 28.8 Å². The second-order valence-electron chi connectivity index (χ2n) is 11.2. The average Bonchev–Trinajstić information content (AvgIpc) is 3.55. The standard InChI is InChI=1S/C29H35N7O5/c1-29(2,3)41-28(38)35(5)24-14-22-21(16-31-24)25(18-15-32-34(4)17-18)33-36(22)19-9-11-20(12-10-19)40-23-8-7-13-30-26(23)27(37)39-6/h7-8,13-17,19-20H,9-12H2,1-6H3/t19-,20+. The number of carbonyl (C=O) groups excluding carboxylic acids is 2. The van der Waals surface area contributed by atoms with Crippen molar-refractivity contribution in [1.29, 1.82) is 0 Å². The van der Waals surface area contributed by atoms with Crippen molar-refractivity contribution in [1.82, 2.24) is 29.5 Å². The van der Waals surface area contributed by atoms with Crippen molar-refractivity contribution in [3.05, 3.63) is 48.7 Å². The third-order valence-electron chi connectivity index (χ3n) is 7.00. The average molecular weight is 562 g/mol. The molecular formula is C29H35N7O5. The summed E-state index contributed by atoms with van der Waals surface area (Å²) in [6.45, 7) is 5.49. The van der Waals surface area contributed by atoms with Crippen LogP contribution in [0, 0.1) is 0 Å². The van der Waals surface area contributed by atoms with E-state index in [9.17, 15) is 9.59 Å². The Balaban J connectivity index is 1.42. The van der Waals surface area contributed by atoms with E-state index in [0.29, 0.717) is 11.6 Å². The van der Waals surface area contributed by atoms with Gasteiger partial charge < -0.3 is 14.2 Å². The molecule has 1 amide bonds. The van der Waals surface area contributed by atoms with Crippen LogP contribution in [0.15, 0.2) is 43.0 Å². The van der Waals surface area contributed by atoms with Crippen molar-refractivity contribution in [3.63, 3.8) is 0 Å². The van der Waals surface area contributed by atoms with Crippen LogP contribution in [-0.2, 0) is 16.5 Å². The minimum atomic E-state index is -0.626. The number of amides is 1. The molecule has 1 aliphatic rings. The summed E-state index contributed by atoms with van der Waals surface area (Å²) < 4.78 is 20.4. The highest BCUT2D eigenvalue weighted by atomic mass is 16.6. The third-order valence-corrected chi connectivity index (χ3v) is 7.00. The van der Waals surface area contributed by atoms with Gasteiger partial charge in [0, 0.05) is 49.7 Å². The molecular weight excluding hydrogens is 526 g/mol. The minimum absolute atomic E-state index is 0.0750. The fourth-order valence-corrected chi connectivity index (χ4v) is 4.99. The van der Waals surface area contributed by atoms with Gasteiger partial charge in [-0.15, -0.1) is 0 Å². The maximum atomic E-state index is 12.8. The van der Waals surface area contributed by atoms with Gasteiger partial charge in [-0.3, -0.25) is 14.3 Å². The molecule has 0 saturated heterocycles. The third kappa shape index (κ3) is 6.01. The Hall–Kier alpha value is -4.48. The van der Waals surface area contributed by atoms with Crippen molar-refractivity contribution in [2.45, 2.75) is 64.2 Å². The maximum Gasteiger partial charge on any atom is 0.415 e. The smallest absolute Gasteiger partial charge is 0.415 e. The molecule has 0 aliphatic heterocycles. The number of esters is 1. The van der Waals surface area contributed by atoms with Gasteiger partial charge in [0.15, 0.2) is 11.4 Å². The van der Waals surface area contributed by atoms with Crippen LogP contribution in [0.3, 0.4) is 0 Å². The molecule has 41 heavy (non-hydrogen) atoms. The summed E-state index contributed by atoms with van der Waals surface area (Å²) in [5.74, 6) is 0.364. The molecule has 0 N–H and O–H groups in total. The summed E-state index contributed by atoms with van der Waals surface area (Å²) in [6.07, 6.45) is 9.58. The largest absolute Gasteiger partial charge is 0.488 e. The number of ether oxygens (including phenoxy) is 3. The van der Waals surface area contributed by atoms with E-state index < -0.39 is 17.7 Å². The summed E-state index contributed by atoms with van der Waals surface area (Å²) in [5.41, 5.74) is 2.08. The van der Waals surface area contributed by atoms with Gasteiger partial charge in [0.25, 0.3) is 0 Å². The molecule has 216 valence electrons. The Kier molecular flexibility index (Phi) is 7.65. The lowest BCUT2D eigenvalue weighted by atomic mass is 9.93. The molecule has 0 atom stereocenters. The number of aryl methyl sites for hydroxylation is 1. The van der Waals surface area contributed by atoms with Gasteiger partial charge in [-0.1, -0.05) is 0 Å². The Morgan fingerprint density at radius 1 is 1.10 bits per heavy atom. The molecule has 4 heterocycles. The van der Waals surface area contributed by atoms with Gasteiger partial charge in [-0.05, 0) is 58.6 Å². The number of fused-ring (bicyclic) bond motifs is 1. The highest BCUT2D eigenvalue weighted by Gasteiger charge is 2.29. The van der Waals surface area contributed by atoms with Crippen LogP contribution in [0.1, 0.15) is 63.0 Å². The normalized spacial score (nSPS) is 17.3. The van der Waals surface area contributed by atoms with E-state index in [1.165, 1.54) is 12.0 Å². The quantitative estimate of drug-likeness (QED) is 0.301. The van der Waals surface area contributed by atoms with Gasteiger partial charge in [-0.25, -0.2) is 19.6 Å². The van der Waals surface area contributed by atoms with Gasteiger partial charge in [0.05, 0.1) is 31.0 Å². The fourth-order valence-electron chi connectivity index (χ4n) is 4.99. The SMILES string of the molecule is COC(=O)c1ncccc1O[C@H]1CC[C@@H](n2nc(-c3cnn(C)c3)c3cnc(N(C)C(=O)OC(C)(C)C)cc32)CC1. The molecule has 0 bridgehead atoms. The predicted octanol–water partition coefficient (Wildman–Crippen LogP) is 4.95. The number of carbonyl (C=O) groups is 2. The number of pyridine rings is 2. The highest BCUT2D eigenvalue weighted by Crippen LogP contribution is 2.37. The lowest BCUT2D eigenvalue weighted by Crippen LogP contribution is -2.34. The first kappa shape index (κ1) is 28.1. The first-order valence-corrected chi connectivity index (χ1v) is 13.6. The number of hydrogen-bond acceptors (Lipinski definition) is 9. The van der Waals surface area contributed by atoms with Gasteiger partial charge in [0.1, 0.15) is 17.1 Å². The molecule has 0 spiro atoms. The lowest BCUT2D eigenvalue weighted by Gasteiger charge is -2.30. The second kappa shape index (κ2) is 11.2. The Labute approximate surface area is 238 Å². The van der Waals surface area contributed by atoms with Crippen LogP contribution < -0.4 is 9.64 Å². The number of methoxy groups -OCH3 is 1. The van der Waals surface area contributed by atoms with E-state index in [0.717, 1.165) is 47.8 Å². The zero-order valence-corrected chi connectivity index (χ0v) is 24.2. The summed E-state index contributed by atoms with van der Waals surface area (Å²) >= 11 is 0. The van der Waals surface area contributed by atoms with Crippen LogP contribution in [0.2, 0.25) is 0 Å². The molecule has 0 radical (unpaired) electrons.